The van der Waals surface area contributed by atoms with E-state index in [0.29, 0.717) is 19.6 Å². The molecule has 1 heterocycles. The van der Waals surface area contributed by atoms with Crippen molar-refractivity contribution in [2.75, 3.05) is 33.8 Å². The summed E-state index contributed by atoms with van der Waals surface area (Å²) in [7, 11) is -1.05. The van der Waals surface area contributed by atoms with Crippen LogP contribution in [0.2, 0.25) is 0 Å². The van der Waals surface area contributed by atoms with Crippen LogP contribution >= 0.6 is 0 Å². The topological polar surface area (TPSA) is 75.7 Å². The first kappa shape index (κ1) is 17.8. The zero-order valence-electron chi connectivity index (χ0n) is 13.2. The van der Waals surface area contributed by atoms with E-state index in [1.807, 2.05) is 7.05 Å². The van der Waals surface area contributed by atoms with E-state index in [4.69, 9.17) is 0 Å². The van der Waals surface area contributed by atoms with Crippen LogP contribution in [0.5, 0.6) is 0 Å². The third-order valence-electron chi connectivity index (χ3n) is 3.96. The van der Waals surface area contributed by atoms with Gasteiger partial charge in [-0.15, -0.1) is 0 Å². The van der Waals surface area contributed by atoms with Crippen molar-refractivity contribution in [3.63, 3.8) is 0 Å². The van der Waals surface area contributed by atoms with Gasteiger partial charge in [-0.3, -0.25) is 0 Å². The third-order valence-corrected chi connectivity index (χ3v) is 5.86. The lowest BCUT2D eigenvalue weighted by Crippen LogP contribution is -2.42. The third kappa shape index (κ3) is 3.70. The Morgan fingerprint density at radius 1 is 1.48 bits per heavy atom. The summed E-state index contributed by atoms with van der Waals surface area (Å²) in [6, 6.07) is 3.57. The number of carbonyl (C=O) groups excluding carboxylic acids is 1. The Hall–Kier alpha value is -1.51. The van der Waals surface area contributed by atoms with Gasteiger partial charge in [-0.05, 0) is 44.5 Å². The van der Waals surface area contributed by atoms with Gasteiger partial charge >= 0.3 is 5.97 Å². The predicted molar refractivity (Wildman–Crippen MR) is 83.1 cm³/mol. The highest BCUT2D eigenvalue weighted by atomic mass is 32.2. The van der Waals surface area contributed by atoms with E-state index in [1.165, 1.54) is 16.4 Å². The van der Waals surface area contributed by atoms with Crippen molar-refractivity contribution in [2.24, 2.45) is 5.92 Å². The highest BCUT2D eigenvalue weighted by molar-refractivity contribution is 7.89. The van der Waals surface area contributed by atoms with Crippen LogP contribution < -0.4 is 5.32 Å². The SMILES string of the molecule is CNCC1CCCN(S(=O)(=O)c2cccc(F)c2C(=O)OC)C1. The first-order valence-corrected chi connectivity index (χ1v) is 8.87. The van der Waals surface area contributed by atoms with Gasteiger partial charge in [0.2, 0.25) is 10.0 Å². The molecule has 6 nitrogen and oxygen atoms in total. The normalized spacial score (nSPS) is 19.5. The summed E-state index contributed by atoms with van der Waals surface area (Å²) in [5.74, 6) is -1.70. The molecule has 0 saturated carbocycles. The summed E-state index contributed by atoms with van der Waals surface area (Å²) in [5.41, 5.74) is -0.536. The Bertz CT molecular complexity index is 676. The Morgan fingerprint density at radius 2 is 2.22 bits per heavy atom. The Kier molecular flexibility index (Phi) is 5.72. The van der Waals surface area contributed by atoms with E-state index < -0.39 is 27.4 Å². The molecule has 0 amide bonds. The second-order valence-electron chi connectivity index (χ2n) is 5.53. The lowest BCUT2D eigenvalue weighted by atomic mass is 10.00. The number of nitrogens with zero attached hydrogens (tertiary/aromatic N) is 1. The van der Waals surface area contributed by atoms with E-state index in [9.17, 15) is 17.6 Å². The minimum atomic E-state index is -3.96. The number of rotatable bonds is 5. The van der Waals surface area contributed by atoms with Crippen LogP contribution in [0, 0.1) is 11.7 Å². The average Bonchev–Trinajstić information content (AvgIpc) is 2.54. The van der Waals surface area contributed by atoms with Crippen molar-refractivity contribution < 1.29 is 22.3 Å². The number of esters is 1. The van der Waals surface area contributed by atoms with Gasteiger partial charge in [0, 0.05) is 13.1 Å². The standard InChI is InChI=1S/C15H21FN2O4S/c1-17-9-11-5-4-8-18(10-11)23(20,21)13-7-3-6-12(16)14(13)15(19)22-2/h3,6-7,11,17H,4-5,8-10H2,1-2H3. The van der Waals surface area contributed by atoms with Crippen LogP contribution in [0.25, 0.3) is 0 Å². The van der Waals surface area contributed by atoms with Gasteiger partial charge in [-0.25, -0.2) is 17.6 Å². The summed E-state index contributed by atoms with van der Waals surface area (Å²) in [6.45, 7) is 1.42. The Balaban J connectivity index is 2.40. The molecule has 0 aromatic heterocycles. The van der Waals surface area contributed by atoms with Crippen LogP contribution in [0.3, 0.4) is 0 Å². The monoisotopic (exact) mass is 344 g/mol. The fraction of sp³-hybridized carbons (Fsp3) is 0.533. The van der Waals surface area contributed by atoms with E-state index in [2.05, 4.69) is 10.1 Å². The number of nitrogens with one attached hydrogen (secondary N) is 1. The van der Waals surface area contributed by atoms with Gasteiger partial charge in [-0.2, -0.15) is 4.31 Å². The zero-order chi connectivity index (χ0) is 17.0. The van der Waals surface area contributed by atoms with Crippen molar-refractivity contribution >= 4 is 16.0 Å². The van der Waals surface area contributed by atoms with Crippen LogP contribution in [-0.2, 0) is 14.8 Å². The van der Waals surface area contributed by atoms with E-state index in [-0.39, 0.29) is 10.8 Å². The summed E-state index contributed by atoms with van der Waals surface area (Å²) in [4.78, 5) is 11.5. The molecular formula is C15H21FN2O4S. The number of benzene rings is 1. The molecule has 1 N–H and O–H groups in total. The molecule has 0 aliphatic carbocycles. The first-order chi connectivity index (χ1) is 10.9. The van der Waals surface area contributed by atoms with Gasteiger partial charge in [-0.1, -0.05) is 6.07 Å². The summed E-state index contributed by atoms with van der Waals surface area (Å²) < 4.78 is 45.6. The Morgan fingerprint density at radius 3 is 2.87 bits per heavy atom. The second kappa shape index (κ2) is 7.37. The molecule has 0 radical (unpaired) electrons. The van der Waals surface area contributed by atoms with Gasteiger partial charge in [0.1, 0.15) is 11.4 Å². The number of carbonyl (C=O) groups is 1. The highest BCUT2D eigenvalue weighted by Crippen LogP contribution is 2.27. The van der Waals surface area contributed by atoms with Crippen molar-refractivity contribution in [3.8, 4) is 0 Å². The molecule has 1 aromatic carbocycles. The summed E-state index contributed by atoms with van der Waals surface area (Å²) in [5, 5.41) is 3.04. The van der Waals surface area contributed by atoms with Crippen LogP contribution in [-0.4, -0.2) is 52.5 Å². The molecule has 1 aliphatic rings. The maximum Gasteiger partial charge on any atom is 0.342 e. The number of sulfonamides is 1. The average molecular weight is 344 g/mol. The number of hydrogen-bond donors (Lipinski definition) is 1. The molecule has 1 unspecified atom stereocenters. The minimum absolute atomic E-state index is 0.193. The van der Waals surface area contributed by atoms with E-state index >= 15 is 0 Å². The lowest BCUT2D eigenvalue weighted by molar-refractivity contribution is 0.0590. The van der Waals surface area contributed by atoms with Crippen molar-refractivity contribution in [2.45, 2.75) is 17.7 Å². The molecule has 1 aliphatic heterocycles. The maximum absolute atomic E-state index is 14.0. The molecule has 1 saturated heterocycles. The fourth-order valence-electron chi connectivity index (χ4n) is 2.86. The van der Waals surface area contributed by atoms with Crippen molar-refractivity contribution in [3.05, 3.63) is 29.6 Å². The van der Waals surface area contributed by atoms with Crippen LogP contribution in [0.15, 0.2) is 23.1 Å². The van der Waals surface area contributed by atoms with Gasteiger partial charge in [0.05, 0.1) is 12.0 Å². The lowest BCUT2D eigenvalue weighted by Gasteiger charge is -2.32. The van der Waals surface area contributed by atoms with Crippen LogP contribution in [0.1, 0.15) is 23.2 Å². The molecule has 1 aromatic rings. The quantitative estimate of drug-likeness (QED) is 0.813. The largest absolute Gasteiger partial charge is 0.465 e. The molecule has 0 spiro atoms. The van der Waals surface area contributed by atoms with Gasteiger partial charge in [0.25, 0.3) is 0 Å². The molecule has 2 rings (SSSR count). The van der Waals surface area contributed by atoms with E-state index in [1.54, 1.807) is 0 Å². The second-order valence-corrected chi connectivity index (χ2v) is 7.44. The number of methoxy groups -OCH3 is 1. The molecule has 128 valence electrons. The smallest absolute Gasteiger partial charge is 0.342 e. The number of hydrogen-bond acceptors (Lipinski definition) is 5. The molecule has 8 heteroatoms. The van der Waals surface area contributed by atoms with Crippen molar-refractivity contribution in [1.82, 2.24) is 9.62 Å². The number of ether oxygens (including phenoxy) is 1. The number of piperidine rings is 1. The number of halogens is 1. The summed E-state index contributed by atoms with van der Waals surface area (Å²) >= 11 is 0. The molecular weight excluding hydrogens is 323 g/mol. The minimum Gasteiger partial charge on any atom is -0.465 e. The maximum atomic E-state index is 14.0. The molecule has 1 fully saturated rings. The zero-order valence-corrected chi connectivity index (χ0v) is 14.0. The fourth-order valence-corrected chi connectivity index (χ4v) is 4.60. The molecule has 23 heavy (non-hydrogen) atoms. The van der Waals surface area contributed by atoms with Gasteiger partial charge in [0.15, 0.2) is 0 Å². The molecule has 0 bridgehead atoms. The first-order valence-electron chi connectivity index (χ1n) is 7.43. The van der Waals surface area contributed by atoms with Crippen LogP contribution in [0.4, 0.5) is 4.39 Å². The summed E-state index contributed by atoms with van der Waals surface area (Å²) in [6.07, 6.45) is 1.66. The van der Waals surface area contributed by atoms with Gasteiger partial charge < -0.3 is 10.1 Å². The molecule has 1 atom stereocenters. The highest BCUT2D eigenvalue weighted by Gasteiger charge is 2.34. The van der Waals surface area contributed by atoms with E-state index in [0.717, 1.165) is 26.0 Å². The Labute approximate surface area is 135 Å². The van der Waals surface area contributed by atoms with Crippen molar-refractivity contribution in [1.29, 1.82) is 0 Å². The predicted octanol–water partition coefficient (Wildman–Crippen LogP) is 1.23.